The second kappa shape index (κ2) is 18.5. The largest absolute Gasteiger partial charge is 0.491 e. The minimum Gasteiger partial charge on any atom is -0.491 e. The van der Waals surface area contributed by atoms with Crippen LogP contribution in [0.1, 0.15) is 50.2 Å². The molecule has 0 spiro atoms. The lowest BCUT2D eigenvalue weighted by Gasteiger charge is -2.27. The smallest absolute Gasteiger partial charge is 0.416 e. The number of aryl methyl sites for hydroxylation is 1. The number of fused-ring (bicyclic) bond motifs is 2. The maximum Gasteiger partial charge on any atom is 0.416 e. The number of hydrogen-bond acceptors (Lipinski definition) is 10. The van der Waals surface area contributed by atoms with Gasteiger partial charge in [-0.15, -0.1) is 0 Å². The van der Waals surface area contributed by atoms with Gasteiger partial charge in [-0.05, 0) is 85.0 Å². The van der Waals surface area contributed by atoms with Gasteiger partial charge >= 0.3 is 6.18 Å². The van der Waals surface area contributed by atoms with Crippen LogP contribution in [0.25, 0.3) is 28.2 Å². The third kappa shape index (κ3) is 9.51. The summed E-state index contributed by atoms with van der Waals surface area (Å²) in [5.74, 6) is -1.98. The lowest BCUT2D eigenvalue weighted by Crippen LogP contribution is -2.54. The number of nitrogens with one attached hydrogen (secondary N) is 4. The number of nitrogens with zero attached hydrogens (tertiary/aromatic N) is 4. The fourth-order valence-electron chi connectivity index (χ4n) is 7.65. The number of imidazole rings is 1. The summed E-state index contributed by atoms with van der Waals surface area (Å²) in [5, 5.41) is 8.80. The Hall–Kier alpha value is -7.25. The molecule has 6 aromatic rings. The Kier molecular flexibility index (Phi) is 12.6. The van der Waals surface area contributed by atoms with Gasteiger partial charge in [0.05, 0.1) is 40.0 Å². The second-order valence-corrected chi connectivity index (χ2v) is 15.8. The summed E-state index contributed by atoms with van der Waals surface area (Å²) < 4.78 is 52.6. The van der Waals surface area contributed by atoms with Crippen LogP contribution in [0.3, 0.4) is 0 Å². The quantitative estimate of drug-likeness (QED) is 0.0707. The number of anilines is 1. The number of likely N-dealkylation sites (N-methyl/N-ethyl adjacent to an activating group) is 1. The molecule has 1 fully saturated rings. The molecule has 2 aliphatic rings. The number of imide groups is 2. The van der Waals surface area contributed by atoms with E-state index >= 15 is 0 Å². The molecule has 1 atom stereocenters. The molecule has 0 radical (unpaired) electrons. The summed E-state index contributed by atoms with van der Waals surface area (Å²) in [4.78, 5) is 87.0. The van der Waals surface area contributed by atoms with Crippen molar-refractivity contribution >= 4 is 57.9 Å². The topological polar surface area (TPSA) is 201 Å². The molecule has 2 aliphatic heterocycles. The van der Waals surface area contributed by atoms with Crippen LogP contribution in [0.15, 0.2) is 89.7 Å². The van der Waals surface area contributed by atoms with E-state index in [0.29, 0.717) is 50.7 Å². The third-order valence-electron chi connectivity index (χ3n) is 11.1. The molecule has 4 N–H and O–H groups in total. The van der Waals surface area contributed by atoms with E-state index in [1.165, 1.54) is 27.8 Å². The molecule has 1 saturated heterocycles. The zero-order chi connectivity index (χ0) is 46.0. The van der Waals surface area contributed by atoms with Gasteiger partial charge < -0.3 is 24.7 Å². The number of amides is 5. The Morgan fingerprint density at radius 1 is 0.954 bits per heavy atom. The number of aromatic amines is 2. The maximum atomic E-state index is 13.8. The number of piperidine rings is 1. The van der Waals surface area contributed by atoms with E-state index in [9.17, 15) is 41.9 Å². The molecule has 1 unspecified atom stereocenters. The SMILES string of the molecule is CN(CCNc1cccc2c1C(=O)N(C1CCC(=O)NC1=O)C2=O)C(=O)COCCOc1ccc(CCc2c(-c3ccc(C(F)(F)F)cc3)[nH]n(-c3nc4ccc(Cl)cc4[nH]3)c2=O)cc1. The Balaban J connectivity index is 0.807. The van der Waals surface area contributed by atoms with Gasteiger partial charge in [-0.1, -0.05) is 41.9 Å². The molecule has 16 nitrogen and oxygen atoms in total. The molecule has 5 amide bonds. The van der Waals surface area contributed by atoms with Gasteiger partial charge in [0.25, 0.3) is 17.4 Å². The number of aromatic nitrogens is 4. The number of hydrogen-bond donors (Lipinski definition) is 4. The first-order valence-corrected chi connectivity index (χ1v) is 20.8. The van der Waals surface area contributed by atoms with Crippen molar-refractivity contribution in [2.45, 2.75) is 37.9 Å². The summed E-state index contributed by atoms with van der Waals surface area (Å²) >= 11 is 6.13. The van der Waals surface area contributed by atoms with E-state index in [-0.39, 0.29) is 75.2 Å². The number of H-pyrrole nitrogens is 2. The van der Waals surface area contributed by atoms with Gasteiger partial charge in [0.15, 0.2) is 0 Å². The molecule has 0 saturated carbocycles. The lowest BCUT2D eigenvalue weighted by atomic mass is 10.0. The van der Waals surface area contributed by atoms with E-state index in [1.807, 2.05) is 12.1 Å². The minimum absolute atomic E-state index is 0.0129. The van der Waals surface area contributed by atoms with Crippen molar-refractivity contribution in [2.75, 3.05) is 45.3 Å². The van der Waals surface area contributed by atoms with Crippen LogP contribution in [-0.2, 0) is 38.1 Å². The van der Waals surface area contributed by atoms with Crippen LogP contribution < -0.4 is 20.9 Å². The number of alkyl halides is 3. The van der Waals surface area contributed by atoms with Gasteiger partial charge in [-0.2, -0.15) is 17.9 Å². The van der Waals surface area contributed by atoms with Gasteiger partial charge in [0.1, 0.15) is 25.0 Å². The monoisotopic (exact) mass is 912 g/mol. The number of benzene rings is 4. The Labute approximate surface area is 372 Å². The number of rotatable bonds is 16. The highest BCUT2D eigenvalue weighted by Crippen LogP contribution is 2.33. The number of ether oxygens (including phenoxy) is 2. The third-order valence-corrected chi connectivity index (χ3v) is 11.3. The molecule has 8 rings (SSSR count). The molecule has 336 valence electrons. The molecular weight excluding hydrogens is 873 g/mol. The van der Waals surface area contributed by atoms with Crippen molar-refractivity contribution in [1.82, 2.24) is 34.9 Å². The molecule has 65 heavy (non-hydrogen) atoms. The Bertz CT molecular complexity index is 2880. The summed E-state index contributed by atoms with van der Waals surface area (Å²) in [7, 11) is 1.60. The van der Waals surface area contributed by atoms with Crippen LogP contribution in [0.2, 0.25) is 5.02 Å². The average molecular weight is 913 g/mol. The molecule has 4 heterocycles. The van der Waals surface area contributed by atoms with Crippen LogP contribution >= 0.6 is 11.6 Å². The van der Waals surface area contributed by atoms with E-state index in [2.05, 4.69) is 25.7 Å². The Morgan fingerprint density at radius 2 is 1.72 bits per heavy atom. The van der Waals surface area contributed by atoms with Crippen molar-refractivity contribution in [3.05, 3.63) is 128 Å². The Morgan fingerprint density at radius 3 is 2.46 bits per heavy atom. The van der Waals surface area contributed by atoms with Gasteiger partial charge in [-0.3, -0.25) is 44.1 Å². The van der Waals surface area contributed by atoms with Gasteiger partial charge in [0, 0.05) is 42.8 Å². The van der Waals surface area contributed by atoms with E-state index in [4.69, 9.17) is 21.1 Å². The van der Waals surface area contributed by atoms with E-state index < -0.39 is 47.0 Å². The molecular formula is C45H40ClF3N8O8. The standard InChI is InChI=1S/C45H40ClF3N8O8/c1-55(20-19-50-33-4-2-3-30-38(33)43(63)56(41(30)61)35-17-18-36(58)53-40(35)60)37(59)24-64-21-22-65-29-13-5-25(6-14-29)7-15-31-39(26-8-10-27(11-9-26)45(47,48)49)54-57(42(31)62)44-51-32-16-12-28(46)23-34(32)52-44/h2-6,8-14,16,23,35,50,54H,7,15,17-22,24H2,1H3,(H,51,52)(H,53,58,60). The molecule has 0 aliphatic carbocycles. The van der Waals surface area contributed by atoms with Crippen LogP contribution in [-0.4, -0.2) is 105 Å². The second-order valence-electron chi connectivity index (χ2n) is 15.4. The van der Waals surface area contributed by atoms with Gasteiger partial charge in [0.2, 0.25) is 23.7 Å². The van der Waals surface area contributed by atoms with Crippen molar-refractivity contribution in [1.29, 1.82) is 0 Å². The minimum atomic E-state index is -4.52. The fourth-order valence-corrected chi connectivity index (χ4v) is 7.82. The van der Waals surface area contributed by atoms with Crippen LogP contribution in [0.5, 0.6) is 5.75 Å². The average Bonchev–Trinajstić information content (AvgIpc) is 3.93. The van der Waals surface area contributed by atoms with E-state index in [1.54, 1.807) is 49.5 Å². The van der Waals surface area contributed by atoms with Crippen molar-refractivity contribution in [3.63, 3.8) is 0 Å². The first kappa shape index (κ1) is 44.4. The summed E-state index contributed by atoms with van der Waals surface area (Å²) in [6.07, 6.45) is -3.80. The van der Waals surface area contributed by atoms with Crippen molar-refractivity contribution < 1.29 is 46.6 Å². The summed E-state index contributed by atoms with van der Waals surface area (Å²) in [5.41, 5.74) is 2.55. The molecule has 2 aromatic heterocycles. The molecule has 4 aromatic carbocycles. The number of carbonyl (C=O) groups is 5. The van der Waals surface area contributed by atoms with Crippen LogP contribution in [0.4, 0.5) is 18.9 Å². The highest BCUT2D eigenvalue weighted by molar-refractivity contribution is 6.31. The molecule has 0 bridgehead atoms. The number of carbonyl (C=O) groups excluding carboxylic acids is 5. The predicted molar refractivity (Wildman–Crippen MR) is 231 cm³/mol. The first-order valence-electron chi connectivity index (χ1n) is 20.5. The first-order chi connectivity index (χ1) is 31.2. The number of halogens is 4. The highest BCUT2D eigenvalue weighted by atomic mass is 35.5. The zero-order valence-corrected chi connectivity index (χ0v) is 35.3. The lowest BCUT2D eigenvalue weighted by molar-refractivity contribution is -0.138. The molecule has 20 heteroatoms. The normalized spacial score (nSPS) is 15.1. The van der Waals surface area contributed by atoms with Crippen molar-refractivity contribution in [3.8, 4) is 23.0 Å². The van der Waals surface area contributed by atoms with E-state index in [0.717, 1.165) is 22.6 Å². The van der Waals surface area contributed by atoms with Gasteiger partial charge in [-0.25, -0.2) is 4.98 Å². The van der Waals surface area contributed by atoms with Crippen molar-refractivity contribution in [2.24, 2.45) is 0 Å². The predicted octanol–water partition coefficient (Wildman–Crippen LogP) is 5.53. The summed E-state index contributed by atoms with van der Waals surface area (Å²) in [6.45, 7) is 0.516. The summed E-state index contributed by atoms with van der Waals surface area (Å²) in [6, 6.07) is 20.4. The highest BCUT2D eigenvalue weighted by Gasteiger charge is 2.45. The maximum absolute atomic E-state index is 13.8. The zero-order valence-electron chi connectivity index (χ0n) is 34.6. The van der Waals surface area contributed by atoms with Crippen LogP contribution in [0, 0.1) is 0 Å². The fraction of sp³-hybridized carbons (Fsp3) is 0.267.